The molecule has 0 aromatic carbocycles. The Morgan fingerprint density at radius 1 is 1.21 bits per heavy atom. The van der Waals surface area contributed by atoms with Crippen LogP contribution in [0.2, 0.25) is 0 Å². The normalized spacial score (nSPS) is 29.4. The van der Waals surface area contributed by atoms with Gasteiger partial charge in [-0.3, -0.25) is 0 Å². The van der Waals surface area contributed by atoms with Crippen LogP contribution in [0, 0.1) is 11.8 Å². The molecular weight excluding hydrogens is 234 g/mol. The van der Waals surface area contributed by atoms with Crippen LogP contribution in [0.15, 0.2) is 0 Å². The molecule has 1 unspecified atom stereocenters. The molecule has 0 heterocycles. The smallest absolute Gasteiger partial charge is 0.0806 e. The highest BCUT2D eigenvalue weighted by Crippen LogP contribution is 2.35. The lowest BCUT2D eigenvalue weighted by atomic mass is 9.79. The van der Waals surface area contributed by atoms with Crippen molar-refractivity contribution in [3.05, 3.63) is 0 Å². The van der Waals surface area contributed by atoms with Crippen LogP contribution in [-0.2, 0) is 4.74 Å². The third kappa shape index (κ3) is 6.27. The van der Waals surface area contributed by atoms with E-state index in [2.05, 4.69) is 33.0 Å². The Labute approximate surface area is 120 Å². The molecule has 0 aliphatic heterocycles. The maximum atomic E-state index is 6.42. The van der Waals surface area contributed by atoms with Gasteiger partial charge in [0.05, 0.1) is 5.60 Å². The van der Waals surface area contributed by atoms with Gasteiger partial charge in [-0.1, -0.05) is 34.1 Å². The van der Waals surface area contributed by atoms with Crippen molar-refractivity contribution >= 4 is 0 Å². The lowest BCUT2D eigenvalue weighted by Gasteiger charge is -2.40. The second kappa shape index (κ2) is 8.97. The molecule has 1 N–H and O–H groups in total. The Kier molecular flexibility index (Phi) is 8.01. The third-order valence-electron chi connectivity index (χ3n) is 4.51. The quantitative estimate of drug-likeness (QED) is 0.627. The van der Waals surface area contributed by atoms with Crippen LogP contribution < -0.4 is 5.32 Å². The Morgan fingerprint density at radius 3 is 2.47 bits per heavy atom. The molecule has 0 amide bonds. The second-order valence-electron chi connectivity index (χ2n) is 6.75. The minimum absolute atomic E-state index is 0.129. The van der Waals surface area contributed by atoms with Crippen molar-refractivity contribution in [1.29, 1.82) is 0 Å². The molecule has 1 atom stereocenters. The fourth-order valence-electron chi connectivity index (χ4n) is 3.05. The fourth-order valence-corrected chi connectivity index (χ4v) is 3.05. The summed E-state index contributed by atoms with van der Waals surface area (Å²) in [7, 11) is 0. The first-order chi connectivity index (χ1) is 9.12. The second-order valence-corrected chi connectivity index (χ2v) is 6.75. The Balaban J connectivity index is 2.44. The van der Waals surface area contributed by atoms with E-state index in [0.717, 1.165) is 25.6 Å². The fraction of sp³-hybridized carbons (Fsp3) is 1.00. The zero-order valence-electron chi connectivity index (χ0n) is 13.6. The van der Waals surface area contributed by atoms with Crippen molar-refractivity contribution in [1.82, 2.24) is 5.32 Å². The van der Waals surface area contributed by atoms with Gasteiger partial charge in [0.15, 0.2) is 0 Å². The van der Waals surface area contributed by atoms with Crippen LogP contribution in [0.25, 0.3) is 0 Å². The van der Waals surface area contributed by atoms with E-state index in [1.807, 2.05) is 0 Å². The van der Waals surface area contributed by atoms with Crippen LogP contribution in [-0.4, -0.2) is 25.3 Å². The zero-order valence-corrected chi connectivity index (χ0v) is 13.6. The summed E-state index contributed by atoms with van der Waals surface area (Å²) < 4.78 is 6.42. The van der Waals surface area contributed by atoms with Gasteiger partial charge in [-0.2, -0.15) is 0 Å². The first-order valence-electron chi connectivity index (χ1n) is 8.46. The van der Waals surface area contributed by atoms with E-state index >= 15 is 0 Å². The molecule has 0 aromatic rings. The van der Waals surface area contributed by atoms with E-state index in [-0.39, 0.29) is 5.60 Å². The first-order valence-corrected chi connectivity index (χ1v) is 8.46. The van der Waals surface area contributed by atoms with E-state index in [1.165, 1.54) is 44.9 Å². The van der Waals surface area contributed by atoms with E-state index < -0.39 is 0 Å². The van der Waals surface area contributed by atoms with E-state index in [0.29, 0.717) is 5.92 Å². The summed E-state index contributed by atoms with van der Waals surface area (Å²) in [6, 6.07) is 0. The highest BCUT2D eigenvalue weighted by Gasteiger charge is 2.34. The summed E-state index contributed by atoms with van der Waals surface area (Å²) in [5, 5.41) is 3.59. The zero-order chi connectivity index (χ0) is 14.1. The topological polar surface area (TPSA) is 21.3 Å². The van der Waals surface area contributed by atoms with Crippen molar-refractivity contribution in [2.45, 2.75) is 78.2 Å². The Morgan fingerprint density at radius 2 is 1.89 bits per heavy atom. The largest absolute Gasteiger partial charge is 0.373 e. The molecule has 19 heavy (non-hydrogen) atoms. The summed E-state index contributed by atoms with van der Waals surface area (Å²) in [5.74, 6) is 1.59. The van der Waals surface area contributed by atoms with Crippen molar-refractivity contribution in [3.63, 3.8) is 0 Å². The van der Waals surface area contributed by atoms with Crippen molar-refractivity contribution in [2.24, 2.45) is 11.8 Å². The van der Waals surface area contributed by atoms with Crippen LogP contribution >= 0.6 is 0 Å². The molecule has 1 fully saturated rings. The Hall–Kier alpha value is -0.0800. The average Bonchev–Trinajstić information content (AvgIpc) is 2.40. The molecule has 0 bridgehead atoms. The van der Waals surface area contributed by atoms with Gasteiger partial charge in [-0.15, -0.1) is 0 Å². The highest BCUT2D eigenvalue weighted by atomic mass is 16.5. The van der Waals surface area contributed by atoms with Gasteiger partial charge in [0.25, 0.3) is 0 Å². The lowest BCUT2D eigenvalue weighted by Crippen LogP contribution is -2.46. The maximum absolute atomic E-state index is 6.42. The monoisotopic (exact) mass is 269 g/mol. The average molecular weight is 269 g/mol. The van der Waals surface area contributed by atoms with Crippen LogP contribution in [0.5, 0.6) is 0 Å². The molecule has 1 saturated carbocycles. The lowest BCUT2D eigenvalue weighted by molar-refractivity contribution is -0.0866. The van der Waals surface area contributed by atoms with Crippen molar-refractivity contribution in [3.8, 4) is 0 Å². The predicted molar refractivity (Wildman–Crippen MR) is 83.5 cm³/mol. The molecule has 0 aromatic heterocycles. The summed E-state index contributed by atoms with van der Waals surface area (Å²) >= 11 is 0. The van der Waals surface area contributed by atoms with Crippen LogP contribution in [0.4, 0.5) is 0 Å². The standard InChI is InChI=1S/C17H35NO/c1-5-7-16(4)13-19-17(14-18-12-6-2)10-8-15(3)9-11-17/h15-16,18H,5-14H2,1-4H3. The molecule has 2 heteroatoms. The minimum Gasteiger partial charge on any atom is -0.373 e. The highest BCUT2D eigenvalue weighted by molar-refractivity contribution is 4.88. The summed E-state index contributed by atoms with van der Waals surface area (Å²) in [4.78, 5) is 0. The summed E-state index contributed by atoms with van der Waals surface area (Å²) in [6.07, 6.45) is 8.90. The maximum Gasteiger partial charge on any atom is 0.0806 e. The summed E-state index contributed by atoms with van der Waals surface area (Å²) in [5.41, 5.74) is 0.129. The molecule has 1 rings (SSSR count). The van der Waals surface area contributed by atoms with E-state index in [9.17, 15) is 0 Å². The van der Waals surface area contributed by atoms with E-state index in [4.69, 9.17) is 4.74 Å². The SMILES string of the molecule is CCCNCC1(OCC(C)CCC)CCC(C)CC1. The van der Waals surface area contributed by atoms with Gasteiger partial charge in [-0.25, -0.2) is 0 Å². The Bertz CT molecular complexity index is 221. The molecule has 1 aliphatic carbocycles. The van der Waals surface area contributed by atoms with Crippen LogP contribution in [0.3, 0.4) is 0 Å². The number of rotatable bonds is 9. The van der Waals surface area contributed by atoms with Gasteiger partial charge in [0.1, 0.15) is 0 Å². The van der Waals surface area contributed by atoms with Crippen LogP contribution in [0.1, 0.15) is 72.6 Å². The van der Waals surface area contributed by atoms with Crippen molar-refractivity contribution < 1.29 is 4.74 Å². The molecule has 0 spiro atoms. The number of hydrogen-bond donors (Lipinski definition) is 1. The summed E-state index contributed by atoms with van der Waals surface area (Å²) in [6.45, 7) is 12.3. The third-order valence-corrected chi connectivity index (χ3v) is 4.51. The van der Waals surface area contributed by atoms with Gasteiger partial charge in [-0.05, 0) is 56.9 Å². The van der Waals surface area contributed by atoms with Crippen molar-refractivity contribution in [2.75, 3.05) is 19.7 Å². The van der Waals surface area contributed by atoms with Gasteiger partial charge in [0.2, 0.25) is 0 Å². The van der Waals surface area contributed by atoms with Gasteiger partial charge < -0.3 is 10.1 Å². The molecule has 114 valence electrons. The van der Waals surface area contributed by atoms with E-state index in [1.54, 1.807) is 0 Å². The molecular formula is C17H35NO. The minimum atomic E-state index is 0.129. The molecule has 0 radical (unpaired) electrons. The molecule has 2 nitrogen and oxygen atoms in total. The number of ether oxygens (including phenoxy) is 1. The van der Waals surface area contributed by atoms with Gasteiger partial charge in [0, 0.05) is 13.2 Å². The first kappa shape index (κ1) is 17.0. The molecule has 1 aliphatic rings. The molecule has 0 saturated heterocycles. The number of nitrogens with one attached hydrogen (secondary N) is 1. The number of hydrogen-bond acceptors (Lipinski definition) is 2. The van der Waals surface area contributed by atoms with Gasteiger partial charge >= 0.3 is 0 Å². The predicted octanol–water partition coefficient (Wildman–Crippen LogP) is 4.39.